The number of esters is 1. The molecule has 0 bridgehead atoms. The standard InChI is InChI=1S/C10H8N2O4/c1-3-8-11-6(4-15-8)9-12-7(5-16-9)10(13)14-2/h3-5H,1H2,2H3. The molecule has 82 valence electrons. The first-order chi connectivity index (χ1) is 7.74. The zero-order chi connectivity index (χ0) is 11.5. The average molecular weight is 220 g/mol. The number of ether oxygens (including phenoxy) is 1. The smallest absolute Gasteiger partial charge is 0.360 e. The van der Waals surface area contributed by atoms with E-state index < -0.39 is 5.97 Å². The average Bonchev–Trinajstić information content (AvgIpc) is 2.95. The quantitative estimate of drug-likeness (QED) is 0.733. The van der Waals surface area contributed by atoms with Crippen molar-refractivity contribution < 1.29 is 18.4 Å². The van der Waals surface area contributed by atoms with Crippen LogP contribution in [0.2, 0.25) is 0 Å². The highest BCUT2D eigenvalue weighted by atomic mass is 16.5. The maximum atomic E-state index is 11.1. The lowest BCUT2D eigenvalue weighted by Crippen LogP contribution is -2.00. The van der Waals surface area contributed by atoms with Crippen LogP contribution in [0.1, 0.15) is 16.4 Å². The highest BCUT2D eigenvalue weighted by Crippen LogP contribution is 2.18. The normalized spacial score (nSPS) is 10.1. The van der Waals surface area contributed by atoms with Crippen LogP contribution in [0.15, 0.2) is 27.9 Å². The first-order valence-corrected chi connectivity index (χ1v) is 4.36. The van der Waals surface area contributed by atoms with Gasteiger partial charge in [0.2, 0.25) is 11.8 Å². The number of aromatic nitrogens is 2. The van der Waals surface area contributed by atoms with Crippen molar-refractivity contribution in [3.63, 3.8) is 0 Å². The highest BCUT2D eigenvalue weighted by molar-refractivity contribution is 5.87. The zero-order valence-corrected chi connectivity index (χ0v) is 8.47. The van der Waals surface area contributed by atoms with Crippen LogP contribution in [0.25, 0.3) is 17.7 Å². The Morgan fingerprint density at radius 2 is 2.25 bits per heavy atom. The molecule has 0 amide bonds. The maximum absolute atomic E-state index is 11.1. The van der Waals surface area contributed by atoms with E-state index in [0.717, 1.165) is 0 Å². The summed E-state index contributed by atoms with van der Waals surface area (Å²) in [6.45, 7) is 3.50. The third-order valence-corrected chi connectivity index (χ3v) is 1.81. The lowest BCUT2D eigenvalue weighted by Gasteiger charge is -1.89. The van der Waals surface area contributed by atoms with Crippen molar-refractivity contribution in [1.82, 2.24) is 9.97 Å². The van der Waals surface area contributed by atoms with E-state index in [2.05, 4.69) is 21.3 Å². The Labute approximate surface area is 90.6 Å². The minimum Gasteiger partial charge on any atom is -0.464 e. The number of rotatable bonds is 3. The van der Waals surface area contributed by atoms with Gasteiger partial charge in [-0.25, -0.2) is 14.8 Å². The molecule has 0 atom stereocenters. The first-order valence-electron chi connectivity index (χ1n) is 4.36. The first kappa shape index (κ1) is 10.2. The number of carbonyl (C=O) groups excluding carboxylic acids is 1. The van der Waals surface area contributed by atoms with Crippen molar-refractivity contribution >= 4 is 12.0 Å². The molecule has 0 fully saturated rings. The summed E-state index contributed by atoms with van der Waals surface area (Å²) in [7, 11) is 1.27. The van der Waals surface area contributed by atoms with Gasteiger partial charge >= 0.3 is 5.97 Å². The number of nitrogens with zero attached hydrogens (tertiary/aromatic N) is 2. The molecular weight excluding hydrogens is 212 g/mol. The molecule has 2 heterocycles. The molecule has 0 radical (unpaired) electrons. The lowest BCUT2D eigenvalue weighted by atomic mass is 10.4. The molecule has 0 saturated heterocycles. The van der Waals surface area contributed by atoms with E-state index in [4.69, 9.17) is 8.83 Å². The molecule has 0 unspecified atom stereocenters. The lowest BCUT2D eigenvalue weighted by molar-refractivity contribution is 0.0594. The molecule has 0 N–H and O–H groups in total. The SMILES string of the molecule is C=Cc1nc(-c2nc(C(=O)OC)co2)co1. The predicted octanol–water partition coefficient (Wildman–Crippen LogP) is 1.76. The van der Waals surface area contributed by atoms with Crippen LogP contribution in [0, 0.1) is 0 Å². The Morgan fingerprint density at radius 1 is 1.44 bits per heavy atom. The van der Waals surface area contributed by atoms with Crippen molar-refractivity contribution in [1.29, 1.82) is 0 Å². The molecule has 0 aliphatic rings. The fourth-order valence-electron chi connectivity index (χ4n) is 1.07. The molecule has 0 spiro atoms. The van der Waals surface area contributed by atoms with E-state index >= 15 is 0 Å². The summed E-state index contributed by atoms with van der Waals surface area (Å²) in [4.78, 5) is 19.0. The number of hydrogen-bond donors (Lipinski definition) is 0. The fraction of sp³-hybridized carbons (Fsp3) is 0.100. The molecule has 2 aromatic rings. The number of carbonyl (C=O) groups is 1. The molecule has 6 heteroatoms. The molecule has 0 saturated carbocycles. The van der Waals surface area contributed by atoms with Crippen LogP contribution >= 0.6 is 0 Å². The third kappa shape index (κ3) is 1.72. The Balaban J connectivity index is 2.31. The van der Waals surface area contributed by atoms with Crippen molar-refractivity contribution in [3.8, 4) is 11.6 Å². The minimum atomic E-state index is -0.567. The molecular formula is C10H8N2O4. The van der Waals surface area contributed by atoms with Crippen LogP contribution < -0.4 is 0 Å². The van der Waals surface area contributed by atoms with Crippen LogP contribution in [0.5, 0.6) is 0 Å². The second kappa shape index (κ2) is 4.01. The van der Waals surface area contributed by atoms with Gasteiger partial charge in [0, 0.05) is 0 Å². The van der Waals surface area contributed by atoms with Gasteiger partial charge in [-0.15, -0.1) is 0 Å². The second-order valence-electron chi connectivity index (χ2n) is 2.80. The number of oxazole rings is 2. The molecule has 6 nitrogen and oxygen atoms in total. The monoisotopic (exact) mass is 220 g/mol. The van der Waals surface area contributed by atoms with Crippen molar-refractivity contribution in [2.75, 3.05) is 7.11 Å². The van der Waals surface area contributed by atoms with Gasteiger partial charge < -0.3 is 13.6 Å². The summed E-state index contributed by atoms with van der Waals surface area (Å²) in [6, 6.07) is 0. The van der Waals surface area contributed by atoms with Crippen molar-refractivity contribution in [3.05, 3.63) is 30.7 Å². The van der Waals surface area contributed by atoms with E-state index in [1.807, 2.05) is 0 Å². The fourth-order valence-corrected chi connectivity index (χ4v) is 1.07. The van der Waals surface area contributed by atoms with Crippen LogP contribution in [0.3, 0.4) is 0 Å². The minimum absolute atomic E-state index is 0.0839. The van der Waals surface area contributed by atoms with Crippen molar-refractivity contribution in [2.45, 2.75) is 0 Å². The van der Waals surface area contributed by atoms with Gasteiger partial charge in [-0.2, -0.15) is 0 Å². The van der Waals surface area contributed by atoms with E-state index in [1.165, 1.54) is 25.7 Å². The maximum Gasteiger partial charge on any atom is 0.360 e. The largest absolute Gasteiger partial charge is 0.464 e. The van der Waals surface area contributed by atoms with Gasteiger partial charge in [0.25, 0.3) is 0 Å². The van der Waals surface area contributed by atoms with E-state index in [-0.39, 0.29) is 11.6 Å². The summed E-state index contributed by atoms with van der Waals surface area (Å²) in [5.41, 5.74) is 0.478. The Hall–Kier alpha value is -2.37. The van der Waals surface area contributed by atoms with Gasteiger partial charge in [0.15, 0.2) is 11.4 Å². The molecule has 2 aromatic heterocycles. The Kier molecular flexibility index (Phi) is 2.55. The Morgan fingerprint density at radius 3 is 2.88 bits per heavy atom. The topological polar surface area (TPSA) is 78.4 Å². The van der Waals surface area contributed by atoms with Crippen LogP contribution in [0.4, 0.5) is 0 Å². The van der Waals surface area contributed by atoms with Gasteiger partial charge in [0.1, 0.15) is 12.5 Å². The number of hydrogen-bond acceptors (Lipinski definition) is 6. The van der Waals surface area contributed by atoms with Crippen LogP contribution in [-0.2, 0) is 4.74 Å². The van der Waals surface area contributed by atoms with Gasteiger partial charge in [-0.1, -0.05) is 6.58 Å². The van der Waals surface area contributed by atoms with E-state index in [0.29, 0.717) is 11.6 Å². The van der Waals surface area contributed by atoms with E-state index in [1.54, 1.807) is 0 Å². The predicted molar refractivity (Wildman–Crippen MR) is 53.4 cm³/mol. The Bertz CT molecular complexity index is 526. The zero-order valence-electron chi connectivity index (χ0n) is 8.47. The number of methoxy groups -OCH3 is 1. The summed E-state index contributed by atoms with van der Waals surface area (Å²) in [5, 5.41) is 0. The third-order valence-electron chi connectivity index (χ3n) is 1.81. The van der Waals surface area contributed by atoms with E-state index in [9.17, 15) is 4.79 Å². The summed E-state index contributed by atoms with van der Waals surface area (Å²) in [6.07, 6.45) is 4.01. The van der Waals surface area contributed by atoms with Crippen molar-refractivity contribution in [2.24, 2.45) is 0 Å². The molecule has 2 rings (SSSR count). The molecule has 16 heavy (non-hydrogen) atoms. The van der Waals surface area contributed by atoms with Gasteiger partial charge in [-0.3, -0.25) is 0 Å². The molecule has 0 aromatic carbocycles. The highest BCUT2D eigenvalue weighted by Gasteiger charge is 2.15. The molecule has 0 aliphatic carbocycles. The van der Waals surface area contributed by atoms with Gasteiger partial charge in [0.05, 0.1) is 7.11 Å². The molecule has 0 aliphatic heterocycles. The van der Waals surface area contributed by atoms with Crippen LogP contribution in [-0.4, -0.2) is 23.0 Å². The summed E-state index contributed by atoms with van der Waals surface area (Å²) >= 11 is 0. The second-order valence-corrected chi connectivity index (χ2v) is 2.80. The summed E-state index contributed by atoms with van der Waals surface area (Å²) < 4.78 is 14.6. The van der Waals surface area contributed by atoms with Gasteiger partial charge in [-0.05, 0) is 6.08 Å². The summed E-state index contributed by atoms with van der Waals surface area (Å²) in [5.74, 6) is -0.0208.